The predicted octanol–water partition coefficient (Wildman–Crippen LogP) is 6.22. The monoisotopic (exact) mass is 335 g/mol. The predicted molar refractivity (Wildman–Crippen MR) is 75.3 cm³/mol. The quantitative estimate of drug-likeness (QED) is 0.523. The molecular formula is C13H6Cl2F3NS. The molecule has 7 heteroatoms. The second kappa shape index (κ2) is 4.76. The number of nitrogens with one attached hydrogen (secondary N) is 1. The smallest absolute Gasteiger partial charge is 0.352 e. The highest BCUT2D eigenvalue weighted by atomic mass is 35.5. The summed E-state index contributed by atoms with van der Waals surface area (Å²) in [6.45, 7) is 0. The van der Waals surface area contributed by atoms with Gasteiger partial charge in [0.1, 0.15) is 0 Å². The third-order valence-corrected chi connectivity index (χ3v) is 4.58. The molecule has 0 saturated heterocycles. The van der Waals surface area contributed by atoms with Crippen molar-refractivity contribution in [3.8, 4) is 0 Å². The molecule has 0 aromatic heterocycles. The maximum absolute atomic E-state index is 12.8. The maximum atomic E-state index is 12.8. The Morgan fingerprint density at radius 2 is 1.75 bits per heavy atom. The number of rotatable bonds is 0. The van der Waals surface area contributed by atoms with E-state index in [1.807, 2.05) is 0 Å². The lowest BCUT2D eigenvalue weighted by Gasteiger charge is -2.23. The molecule has 0 radical (unpaired) electrons. The van der Waals surface area contributed by atoms with Crippen LogP contribution in [0.4, 0.5) is 24.5 Å². The number of hydrogen-bond donors (Lipinski definition) is 1. The number of halogens is 5. The van der Waals surface area contributed by atoms with Gasteiger partial charge in [0.2, 0.25) is 0 Å². The molecule has 1 nitrogen and oxygen atoms in total. The Hall–Kier alpha value is -1.04. The molecule has 0 aliphatic carbocycles. The molecule has 0 amide bonds. The van der Waals surface area contributed by atoms with Gasteiger partial charge in [-0.15, -0.1) is 0 Å². The van der Waals surface area contributed by atoms with Crippen molar-refractivity contribution < 1.29 is 13.2 Å². The number of para-hydroxylation sites is 1. The van der Waals surface area contributed by atoms with Crippen LogP contribution in [-0.4, -0.2) is 0 Å². The first kappa shape index (κ1) is 13.9. The van der Waals surface area contributed by atoms with Crippen molar-refractivity contribution in [1.29, 1.82) is 0 Å². The minimum Gasteiger partial charge on any atom is -0.352 e. The summed E-state index contributed by atoms with van der Waals surface area (Å²) in [6.07, 6.45) is -4.47. The van der Waals surface area contributed by atoms with E-state index in [2.05, 4.69) is 5.32 Å². The standard InChI is InChI=1S/C13H6Cl2F3NS/c14-7-2-1-3-10-12(7)19-9-5-8(15)6(13(16,17)18)4-11(9)20-10/h1-5,19H. The summed E-state index contributed by atoms with van der Waals surface area (Å²) in [5.74, 6) is 0. The van der Waals surface area contributed by atoms with E-state index >= 15 is 0 Å². The number of fused-ring (bicyclic) bond motifs is 2. The summed E-state index contributed by atoms with van der Waals surface area (Å²) in [6, 6.07) is 7.59. The summed E-state index contributed by atoms with van der Waals surface area (Å²) in [7, 11) is 0. The molecule has 0 fully saturated rings. The summed E-state index contributed by atoms with van der Waals surface area (Å²) in [5, 5.41) is 3.20. The Kier molecular flexibility index (Phi) is 3.31. The van der Waals surface area contributed by atoms with E-state index in [1.165, 1.54) is 17.8 Å². The van der Waals surface area contributed by atoms with E-state index in [0.29, 0.717) is 21.3 Å². The van der Waals surface area contributed by atoms with E-state index < -0.39 is 11.7 Å². The summed E-state index contributed by atoms with van der Waals surface area (Å²) >= 11 is 13.0. The summed E-state index contributed by atoms with van der Waals surface area (Å²) < 4.78 is 38.5. The van der Waals surface area contributed by atoms with Gasteiger partial charge in [0.15, 0.2) is 0 Å². The van der Waals surface area contributed by atoms with Crippen molar-refractivity contribution in [1.82, 2.24) is 0 Å². The Balaban J connectivity index is 2.11. The van der Waals surface area contributed by atoms with Crippen molar-refractivity contribution in [2.24, 2.45) is 0 Å². The van der Waals surface area contributed by atoms with Gasteiger partial charge in [0, 0.05) is 9.79 Å². The average Bonchev–Trinajstić information content (AvgIpc) is 2.35. The van der Waals surface area contributed by atoms with Crippen molar-refractivity contribution in [2.45, 2.75) is 16.0 Å². The van der Waals surface area contributed by atoms with Crippen molar-refractivity contribution in [3.63, 3.8) is 0 Å². The zero-order valence-electron chi connectivity index (χ0n) is 9.68. The van der Waals surface area contributed by atoms with E-state index in [1.54, 1.807) is 18.2 Å². The lowest BCUT2D eigenvalue weighted by atomic mass is 10.2. The van der Waals surface area contributed by atoms with Crippen molar-refractivity contribution in [2.75, 3.05) is 5.32 Å². The van der Waals surface area contributed by atoms with Gasteiger partial charge in [0.05, 0.1) is 27.0 Å². The van der Waals surface area contributed by atoms with Gasteiger partial charge in [-0.3, -0.25) is 0 Å². The van der Waals surface area contributed by atoms with Gasteiger partial charge >= 0.3 is 6.18 Å². The van der Waals surface area contributed by atoms with Crippen LogP contribution in [0.2, 0.25) is 10.0 Å². The largest absolute Gasteiger partial charge is 0.417 e. The van der Waals surface area contributed by atoms with E-state index in [-0.39, 0.29) is 5.02 Å². The fourth-order valence-electron chi connectivity index (χ4n) is 1.92. The molecule has 1 aliphatic heterocycles. The van der Waals surface area contributed by atoms with Gasteiger partial charge in [-0.25, -0.2) is 0 Å². The van der Waals surface area contributed by atoms with E-state index in [9.17, 15) is 13.2 Å². The number of alkyl halides is 3. The van der Waals surface area contributed by atoms with Crippen LogP contribution in [0.3, 0.4) is 0 Å². The summed E-state index contributed by atoms with van der Waals surface area (Å²) in [4.78, 5) is 1.25. The molecule has 2 aromatic rings. The van der Waals surface area contributed by atoms with Crippen molar-refractivity contribution >= 4 is 46.3 Å². The Morgan fingerprint density at radius 1 is 1.00 bits per heavy atom. The van der Waals surface area contributed by atoms with Crippen LogP contribution in [-0.2, 0) is 6.18 Å². The number of benzene rings is 2. The lowest BCUT2D eigenvalue weighted by Crippen LogP contribution is -2.08. The highest BCUT2D eigenvalue weighted by molar-refractivity contribution is 7.99. The second-order valence-electron chi connectivity index (χ2n) is 4.17. The highest BCUT2D eigenvalue weighted by Gasteiger charge is 2.35. The van der Waals surface area contributed by atoms with Gasteiger partial charge < -0.3 is 5.32 Å². The van der Waals surface area contributed by atoms with Crippen LogP contribution in [0.15, 0.2) is 40.1 Å². The van der Waals surface area contributed by atoms with Crippen LogP contribution >= 0.6 is 35.0 Å². The first-order valence-electron chi connectivity index (χ1n) is 5.50. The average molecular weight is 336 g/mol. The Bertz CT molecular complexity index is 701. The molecule has 0 spiro atoms. The topological polar surface area (TPSA) is 12.0 Å². The molecule has 2 aromatic carbocycles. The summed E-state index contributed by atoms with van der Waals surface area (Å²) in [5.41, 5.74) is 0.369. The molecular weight excluding hydrogens is 330 g/mol. The molecule has 3 rings (SSSR count). The molecule has 104 valence electrons. The number of hydrogen-bond acceptors (Lipinski definition) is 2. The fraction of sp³-hybridized carbons (Fsp3) is 0.0769. The molecule has 0 atom stereocenters. The van der Waals surface area contributed by atoms with Gasteiger partial charge in [-0.2, -0.15) is 13.2 Å². The van der Waals surface area contributed by atoms with E-state index in [0.717, 1.165) is 11.0 Å². The molecule has 1 heterocycles. The maximum Gasteiger partial charge on any atom is 0.417 e. The lowest BCUT2D eigenvalue weighted by molar-refractivity contribution is -0.137. The zero-order chi connectivity index (χ0) is 14.5. The van der Waals surface area contributed by atoms with Crippen LogP contribution in [0, 0.1) is 0 Å². The molecule has 0 saturated carbocycles. The van der Waals surface area contributed by atoms with Crippen LogP contribution in [0.1, 0.15) is 5.56 Å². The van der Waals surface area contributed by atoms with Gasteiger partial charge in [-0.05, 0) is 24.3 Å². The minimum absolute atomic E-state index is 0.333. The molecule has 0 unspecified atom stereocenters. The third kappa shape index (κ3) is 2.34. The highest BCUT2D eigenvalue weighted by Crippen LogP contribution is 2.49. The van der Waals surface area contributed by atoms with Crippen LogP contribution in [0.5, 0.6) is 0 Å². The third-order valence-electron chi connectivity index (χ3n) is 2.83. The van der Waals surface area contributed by atoms with Gasteiger partial charge in [-0.1, -0.05) is 41.0 Å². The normalized spacial score (nSPS) is 13.4. The second-order valence-corrected chi connectivity index (χ2v) is 6.06. The van der Waals surface area contributed by atoms with Crippen LogP contribution in [0.25, 0.3) is 0 Å². The first-order valence-corrected chi connectivity index (χ1v) is 7.07. The first-order chi connectivity index (χ1) is 9.36. The molecule has 0 bridgehead atoms. The zero-order valence-corrected chi connectivity index (χ0v) is 12.0. The minimum atomic E-state index is -4.47. The molecule has 20 heavy (non-hydrogen) atoms. The van der Waals surface area contributed by atoms with Gasteiger partial charge in [0.25, 0.3) is 0 Å². The Labute approximate surface area is 127 Å². The SMILES string of the molecule is FC(F)(F)c1cc2c(cc1Cl)Nc1c(Cl)cccc1S2. The fourth-order valence-corrected chi connectivity index (χ4v) is 3.51. The van der Waals surface area contributed by atoms with Crippen molar-refractivity contribution in [3.05, 3.63) is 45.9 Å². The molecule has 1 N–H and O–H groups in total. The molecule has 1 aliphatic rings. The van der Waals surface area contributed by atoms with Crippen LogP contribution < -0.4 is 5.32 Å². The van der Waals surface area contributed by atoms with E-state index in [4.69, 9.17) is 23.2 Å². The Morgan fingerprint density at radius 3 is 2.45 bits per heavy atom. The number of anilines is 2.